The van der Waals surface area contributed by atoms with Crippen molar-refractivity contribution < 1.29 is 0 Å². The van der Waals surface area contributed by atoms with E-state index in [0.29, 0.717) is 0 Å². The Morgan fingerprint density at radius 2 is 1.03 bits per heavy atom. The highest BCUT2D eigenvalue weighted by atomic mass is 32.1. The van der Waals surface area contributed by atoms with Gasteiger partial charge in [-0.2, -0.15) is 0 Å². The van der Waals surface area contributed by atoms with Gasteiger partial charge in [-0.25, -0.2) is 9.97 Å². The van der Waals surface area contributed by atoms with Crippen LogP contribution in [-0.2, 0) is 0 Å². The normalized spacial score (nSPS) is 15.7. The van der Waals surface area contributed by atoms with E-state index in [2.05, 4.69) is 206 Å². The Labute approximate surface area is 379 Å². The molecule has 0 saturated carbocycles. The summed E-state index contributed by atoms with van der Waals surface area (Å²) in [5.74, 6) is 0.172. The number of pyridine rings is 2. The van der Waals surface area contributed by atoms with Gasteiger partial charge in [0.2, 0.25) is 0 Å². The van der Waals surface area contributed by atoms with Crippen LogP contribution >= 0.6 is 11.3 Å². The zero-order chi connectivity index (χ0) is 42.6. The van der Waals surface area contributed by atoms with Crippen molar-refractivity contribution in [3.63, 3.8) is 0 Å². The Morgan fingerprint density at radius 1 is 0.400 bits per heavy atom. The maximum absolute atomic E-state index is 5.44. The van der Waals surface area contributed by atoms with Crippen LogP contribution < -0.4 is 0 Å². The molecule has 65 heavy (non-hydrogen) atoms. The molecule has 2 atom stereocenters. The largest absolute Gasteiger partial charge is 0.274 e. The minimum atomic E-state index is -0.0760. The number of aromatic nitrogens is 2. The summed E-state index contributed by atoms with van der Waals surface area (Å²) >= 11 is 1.88. The average molecular weight is 844 g/mol. The van der Waals surface area contributed by atoms with Gasteiger partial charge in [0, 0.05) is 58.9 Å². The van der Waals surface area contributed by atoms with Crippen LogP contribution in [0.2, 0.25) is 0 Å². The number of thiophene rings is 1. The molecule has 0 spiro atoms. The highest BCUT2D eigenvalue weighted by Crippen LogP contribution is 2.45. The molecule has 4 heteroatoms. The maximum Gasteiger partial charge on any atom is 0.103 e. The van der Waals surface area contributed by atoms with E-state index in [1.54, 1.807) is 0 Å². The molecule has 14 rings (SSSR count). The van der Waals surface area contributed by atoms with E-state index in [1.807, 2.05) is 17.4 Å². The number of para-hydroxylation sites is 1. The number of aliphatic imine (C=N–C) groups is 1. The zero-order valence-corrected chi connectivity index (χ0v) is 35.9. The summed E-state index contributed by atoms with van der Waals surface area (Å²) in [7, 11) is 0. The smallest absolute Gasteiger partial charge is 0.103 e. The minimum absolute atomic E-state index is 0.0760. The van der Waals surface area contributed by atoms with Gasteiger partial charge in [0.05, 0.1) is 28.3 Å². The second kappa shape index (κ2) is 14.2. The van der Waals surface area contributed by atoms with Crippen molar-refractivity contribution in [3.8, 4) is 33.6 Å². The summed E-state index contributed by atoms with van der Waals surface area (Å²) < 4.78 is 2.63. The molecule has 0 fully saturated rings. The lowest BCUT2D eigenvalue weighted by atomic mass is 9.85. The van der Waals surface area contributed by atoms with E-state index in [-0.39, 0.29) is 12.0 Å². The van der Waals surface area contributed by atoms with Gasteiger partial charge in [-0.15, -0.1) is 11.3 Å². The van der Waals surface area contributed by atoms with Crippen molar-refractivity contribution in [1.29, 1.82) is 0 Å². The molecule has 3 aromatic heterocycles. The predicted molar refractivity (Wildman–Crippen MR) is 276 cm³/mol. The number of benzene rings is 9. The van der Waals surface area contributed by atoms with E-state index >= 15 is 0 Å². The Kier molecular flexibility index (Phi) is 7.98. The average Bonchev–Trinajstić information content (AvgIpc) is 3.77. The summed E-state index contributed by atoms with van der Waals surface area (Å²) in [5.41, 5.74) is 11.9. The third-order valence-electron chi connectivity index (χ3n) is 13.7. The molecule has 9 aromatic carbocycles. The molecule has 3 nitrogen and oxygen atoms in total. The molecule has 12 aromatic rings. The van der Waals surface area contributed by atoms with Crippen LogP contribution in [-0.4, -0.2) is 15.7 Å². The molecule has 1 aliphatic heterocycles. The molecule has 0 amide bonds. The van der Waals surface area contributed by atoms with Gasteiger partial charge in [0.1, 0.15) is 6.04 Å². The lowest BCUT2D eigenvalue weighted by molar-refractivity contribution is 0.592. The minimum Gasteiger partial charge on any atom is -0.274 e. The first-order valence-electron chi connectivity index (χ1n) is 22.3. The molecule has 302 valence electrons. The number of hydrogen-bond acceptors (Lipinski definition) is 4. The van der Waals surface area contributed by atoms with Crippen molar-refractivity contribution in [1.82, 2.24) is 9.97 Å². The molecule has 0 bridgehead atoms. The quantitative estimate of drug-likeness (QED) is 0.166. The van der Waals surface area contributed by atoms with Crippen molar-refractivity contribution in [3.05, 3.63) is 223 Å². The van der Waals surface area contributed by atoms with Crippen LogP contribution in [0.25, 0.3) is 114 Å². The van der Waals surface area contributed by atoms with Gasteiger partial charge in [-0.1, -0.05) is 170 Å². The summed E-state index contributed by atoms with van der Waals surface area (Å²) in [6.07, 6.45) is 8.96. The lowest BCUT2D eigenvalue weighted by Gasteiger charge is -2.28. The molecule has 0 saturated heterocycles. The number of allylic oxidation sites excluding steroid dienone is 1. The van der Waals surface area contributed by atoms with Crippen molar-refractivity contribution in [2.24, 2.45) is 10.9 Å². The maximum atomic E-state index is 5.44. The van der Waals surface area contributed by atoms with Crippen LogP contribution in [0.3, 0.4) is 0 Å². The first kappa shape index (κ1) is 36.4. The zero-order valence-electron chi connectivity index (χ0n) is 35.1. The standard InChI is InChI=1S/C61H37N3S/c1-2-11-36(12-3-1)53-31-25-37-21-22-38-26-32-54(63-60(38)59(37)62-53)41-24-28-46-45-27-23-40(34-51(45)43-15-4-5-16-44(43)52(46)35-41)39-13-10-14-42(33-39)58-50-30-29-48-47-17-7-9-20-56(47)65-61(48)57(50)49-18-6-8-19-55(49)64-58/h1-35,38,60H. The van der Waals surface area contributed by atoms with Gasteiger partial charge in [-0.05, 0) is 91.5 Å². The number of dihydropyridines is 1. The summed E-state index contributed by atoms with van der Waals surface area (Å²) in [4.78, 5) is 16.0. The predicted octanol–water partition coefficient (Wildman–Crippen LogP) is 16.4. The Morgan fingerprint density at radius 3 is 1.88 bits per heavy atom. The summed E-state index contributed by atoms with van der Waals surface area (Å²) in [6.45, 7) is 0. The highest BCUT2D eigenvalue weighted by Gasteiger charge is 2.29. The van der Waals surface area contributed by atoms with Crippen molar-refractivity contribution in [2.45, 2.75) is 6.04 Å². The van der Waals surface area contributed by atoms with Crippen LogP contribution in [0.5, 0.6) is 0 Å². The third-order valence-corrected chi connectivity index (χ3v) is 14.9. The van der Waals surface area contributed by atoms with E-state index < -0.39 is 0 Å². The van der Waals surface area contributed by atoms with Gasteiger partial charge < -0.3 is 0 Å². The van der Waals surface area contributed by atoms with E-state index in [9.17, 15) is 0 Å². The van der Waals surface area contributed by atoms with Gasteiger partial charge in [0.25, 0.3) is 0 Å². The Hall–Kier alpha value is -8.05. The van der Waals surface area contributed by atoms with E-state index in [0.717, 1.165) is 50.6 Å². The fraction of sp³-hybridized carbons (Fsp3) is 0.0328. The van der Waals surface area contributed by atoms with Crippen LogP contribution in [0.1, 0.15) is 22.9 Å². The fourth-order valence-corrected chi connectivity index (χ4v) is 11.9. The Balaban J connectivity index is 0.873. The molecule has 2 aliphatic rings. The van der Waals surface area contributed by atoms with Crippen molar-refractivity contribution >= 4 is 97.3 Å². The molecule has 2 unspecified atom stereocenters. The molecular formula is C61H37N3S. The fourth-order valence-electron chi connectivity index (χ4n) is 10.6. The number of rotatable bonds is 4. The topological polar surface area (TPSA) is 38.1 Å². The van der Waals surface area contributed by atoms with Gasteiger partial charge >= 0.3 is 0 Å². The first-order valence-corrected chi connectivity index (χ1v) is 23.1. The van der Waals surface area contributed by atoms with Gasteiger partial charge in [0.15, 0.2) is 0 Å². The monoisotopic (exact) mass is 843 g/mol. The molecular weight excluding hydrogens is 807 g/mol. The molecule has 0 radical (unpaired) electrons. The van der Waals surface area contributed by atoms with Crippen LogP contribution in [0.15, 0.2) is 211 Å². The third kappa shape index (κ3) is 5.71. The van der Waals surface area contributed by atoms with E-state index in [4.69, 9.17) is 15.0 Å². The second-order valence-corrected chi connectivity index (χ2v) is 18.4. The highest BCUT2D eigenvalue weighted by molar-refractivity contribution is 7.26. The van der Waals surface area contributed by atoms with Crippen LogP contribution in [0.4, 0.5) is 0 Å². The summed E-state index contributed by atoms with van der Waals surface area (Å²) in [6, 6.07) is 68.3. The molecule has 1 aliphatic carbocycles. The molecule has 0 N–H and O–H groups in total. The number of nitrogens with zero attached hydrogens (tertiary/aromatic N) is 3. The number of hydrogen-bond donors (Lipinski definition) is 0. The Bertz CT molecular complexity index is 4060. The summed E-state index contributed by atoms with van der Waals surface area (Å²) in [5, 5.41) is 13.7. The van der Waals surface area contributed by atoms with Crippen LogP contribution in [0, 0.1) is 5.92 Å². The van der Waals surface area contributed by atoms with Gasteiger partial charge in [-0.3, -0.25) is 4.99 Å². The SMILES string of the molecule is C1=CC2C=Cc3ccc(-c4ccccc4)nc3C2N=C1c1ccc2c3ccc(-c4cccc(-c5nc6ccccc6c6c5ccc5c7ccccc7sc56)c4)cc3c3ccccc3c2c1. The van der Waals surface area contributed by atoms with Crippen molar-refractivity contribution in [2.75, 3.05) is 0 Å². The first-order chi connectivity index (χ1) is 32.2. The molecule has 4 heterocycles. The second-order valence-electron chi connectivity index (χ2n) is 17.4. The van der Waals surface area contributed by atoms with E-state index in [1.165, 1.54) is 79.8 Å². The number of fused-ring (bicyclic) bond motifs is 16. The lowest BCUT2D eigenvalue weighted by Crippen LogP contribution is -2.19.